The molecule has 0 aromatic heterocycles. The van der Waals surface area contributed by atoms with Crippen molar-refractivity contribution in [2.24, 2.45) is 5.73 Å². The number of amides is 4. The lowest BCUT2D eigenvalue weighted by Gasteiger charge is -2.45. The molecule has 0 aliphatic carbocycles. The molecular weight excluding hydrogens is 472 g/mol. The van der Waals surface area contributed by atoms with Gasteiger partial charge in [-0.05, 0) is 73.4 Å². The summed E-state index contributed by atoms with van der Waals surface area (Å²) in [5, 5.41) is 5.43. The first kappa shape index (κ1) is 31.5. The van der Waals surface area contributed by atoms with Crippen molar-refractivity contribution in [2.45, 2.75) is 104 Å². The Kier molecular flexibility index (Phi) is 10.3. The molecule has 37 heavy (non-hydrogen) atoms. The second-order valence-electron chi connectivity index (χ2n) is 11.6. The third-order valence-electron chi connectivity index (χ3n) is 5.56. The van der Waals surface area contributed by atoms with E-state index in [-0.39, 0.29) is 0 Å². The molecule has 0 fully saturated rings. The summed E-state index contributed by atoms with van der Waals surface area (Å²) in [5.41, 5.74) is 3.97. The minimum absolute atomic E-state index is 0.438. The number of nitrogens with zero attached hydrogens (tertiary/aromatic N) is 1. The molecule has 4 N–H and O–H groups in total. The number of primary amides is 1. The maximum Gasteiger partial charge on any atom is 0.408 e. The normalized spacial score (nSPS) is 13.5. The van der Waals surface area contributed by atoms with Crippen molar-refractivity contribution >= 4 is 23.8 Å². The molecule has 0 saturated carbocycles. The van der Waals surface area contributed by atoms with E-state index in [4.69, 9.17) is 16.9 Å². The molecule has 0 heterocycles. The minimum atomic E-state index is -1.37. The Morgan fingerprint density at radius 1 is 1.05 bits per heavy atom. The van der Waals surface area contributed by atoms with Gasteiger partial charge in [-0.2, -0.15) is 0 Å². The highest BCUT2D eigenvalue weighted by Crippen LogP contribution is 2.34. The fourth-order valence-corrected chi connectivity index (χ4v) is 3.67. The van der Waals surface area contributed by atoms with Crippen LogP contribution >= 0.6 is 0 Å². The predicted octanol–water partition coefficient (Wildman–Crippen LogP) is 3.41. The molecule has 0 bridgehead atoms. The van der Waals surface area contributed by atoms with Crippen molar-refractivity contribution in [1.29, 1.82) is 0 Å². The van der Waals surface area contributed by atoms with E-state index in [0.29, 0.717) is 17.5 Å². The number of hydrogen-bond donors (Lipinski definition) is 3. The Balaban J connectivity index is 3.79. The Morgan fingerprint density at radius 3 is 2.08 bits per heavy atom. The lowest BCUT2D eigenvalue weighted by atomic mass is 9.89. The van der Waals surface area contributed by atoms with Crippen LogP contribution in [0.4, 0.5) is 4.79 Å². The summed E-state index contributed by atoms with van der Waals surface area (Å²) in [6, 6.07) is 4.32. The largest absolute Gasteiger partial charge is 0.444 e. The molecule has 2 unspecified atom stereocenters. The SMILES string of the molecule is C#Cc1ccccc1C(C(=O)NC(C)(C)C)N(C(=O)C(CC(N)=O)NC(=O)OC(C)(C)C)C(C)(C)CC. The standard InChI is InChI=1S/C28H42N4O5/c1-11-18-15-13-14-16-19(18)22(23(34)31-26(3,4)5)32(28(9,10)12-2)24(35)20(17-21(29)33)30-25(36)37-27(6,7)8/h1,13-16,20,22H,12,17H2,2-10H3,(H2,29,33)(H,30,36)(H,31,34). The van der Waals surface area contributed by atoms with Crippen molar-refractivity contribution in [3.05, 3.63) is 35.4 Å². The van der Waals surface area contributed by atoms with Crippen molar-refractivity contribution in [1.82, 2.24) is 15.5 Å². The van der Waals surface area contributed by atoms with Crippen LogP contribution in [0.2, 0.25) is 0 Å². The van der Waals surface area contributed by atoms with Gasteiger partial charge in [0, 0.05) is 16.6 Å². The average molecular weight is 515 g/mol. The summed E-state index contributed by atoms with van der Waals surface area (Å²) in [7, 11) is 0. The van der Waals surface area contributed by atoms with Crippen LogP contribution < -0.4 is 16.4 Å². The Bertz CT molecular complexity index is 1040. The van der Waals surface area contributed by atoms with Crippen LogP contribution in [0.1, 0.15) is 92.3 Å². The van der Waals surface area contributed by atoms with Crippen molar-refractivity contribution in [2.75, 3.05) is 0 Å². The Morgan fingerprint density at radius 2 is 1.62 bits per heavy atom. The highest BCUT2D eigenvalue weighted by molar-refractivity contribution is 5.95. The first-order valence-electron chi connectivity index (χ1n) is 12.3. The number of carbonyl (C=O) groups excluding carboxylic acids is 4. The van der Waals surface area contributed by atoms with E-state index in [2.05, 4.69) is 16.6 Å². The summed E-state index contributed by atoms with van der Waals surface area (Å²) in [6.07, 6.45) is 4.84. The summed E-state index contributed by atoms with van der Waals surface area (Å²) in [4.78, 5) is 53.9. The topological polar surface area (TPSA) is 131 Å². The molecule has 0 aliphatic heterocycles. The molecule has 204 valence electrons. The Hall–Kier alpha value is -3.54. The molecule has 0 saturated heterocycles. The maximum atomic E-state index is 14.2. The second-order valence-corrected chi connectivity index (χ2v) is 11.6. The smallest absolute Gasteiger partial charge is 0.408 e. The Labute approximate surface area is 220 Å². The van der Waals surface area contributed by atoms with Gasteiger partial charge in [-0.15, -0.1) is 6.42 Å². The van der Waals surface area contributed by atoms with E-state index >= 15 is 0 Å². The van der Waals surface area contributed by atoms with Crippen LogP contribution in [0, 0.1) is 12.3 Å². The van der Waals surface area contributed by atoms with Gasteiger partial charge in [0.1, 0.15) is 17.7 Å². The average Bonchev–Trinajstić information content (AvgIpc) is 2.73. The summed E-state index contributed by atoms with van der Waals surface area (Å²) in [6.45, 7) is 16.0. The number of terminal acetylenes is 1. The van der Waals surface area contributed by atoms with Gasteiger partial charge >= 0.3 is 6.09 Å². The van der Waals surface area contributed by atoms with Gasteiger partial charge in [0.2, 0.25) is 17.7 Å². The lowest BCUT2D eigenvalue weighted by Crippen LogP contribution is -2.61. The monoisotopic (exact) mass is 514 g/mol. The fourth-order valence-electron chi connectivity index (χ4n) is 3.67. The first-order chi connectivity index (χ1) is 16.8. The van der Waals surface area contributed by atoms with E-state index in [1.807, 2.05) is 27.7 Å². The van der Waals surface area contributed by atoms with Gasteiger partial charge in [0.05, 0.1) is 6.42 Å². The van der Waals surface area contributed by atoms with Crippen LogP contribution in [0.25, 0.3) is 0 Å². The van der Waals surface area contributed by atoms with Gasteiger partial charge in [-0.25, -0.2) is 4.79 Å². The number of rotatable bonds is 9. The molecule has 1 aromatic carbocycles. The molecule has 0 spiro atoms. The van der Waals surface area contributed by atoms with Gasteiger partial charge in [-0.1, -0.05) is 31.0 Å². The number of ether oxygens (including phenoxy) is 1. The number of alkyl carbamates (subject to hydrolysis) is 1. The van der Waals surface area contributed by atoms with E-state index in [1.54, 1.807) is 58.9 Å². The predicted molar refractivity (Wildman–Crippen MR) is 143 cm³/mol. The van der Waals surface area contributed by atoms with Gasteiger partial charge < -0.3 is 26.0 Å². The molecule has 1 rings (SSSR count). The highest BCUT2D eigenvalue weighted by atomic mass is 16.6. The molecule has 9 nitrogen and oxygen atoms in total. The third-order valence-corrected chi connectivity index (χ3v) is 5.56. The highest BCUT2D eigenvalue weighted by Gasteiger charge is 2.44. The second kappa shape index (κ2) is 12.1. The molecule has 2 atom stereocenters. The van der Waals surface area contributed by atoms with Crippen molar-refractivity contribution < 1.29 is 23.9 Å². The van der Waals surface area contributed by atoms with Gasteiger partial charge in [-0.3, -0.25) is 14.4 Å². The molecule has 9 heteroatoms. The first-order valence-corrected chi connectivity index (χ1v) is 12.3. The van der Waals surface area contributed by atoms with E-state index in [1.165, 1.54) is 4.90 Å². The molecule has 4 amide bonds. The van der Waals surface area contributed by atoms with Crippen LogP contribution in [-0.4, -0.2) is 51.4 Å². The quantitative estimate of drug-likeness (QED) is 0.435. The zero-order valence-corrected chi connectivity index (χ0v) is 23.5. The van der Waals surface area contributed by atoms with Gasteiger partial charge in [0.15, 0.2) is 0 Å². The van der Waals surface area contributed by atoms with Crippen LogP contribution in [0.3, 0.4) is 0 Å². The van der Waals surface area contributed by atoms with E-state index in [9.17, 15) is 19.2 Å². The van der Waals surface area contributed by atoms with Crippen LogP contribution in [0.15, 0.2) is 24.3 Å². The van der Waals surface area contributed by atoms with E-state index < -0.39 is 59.0 Å². The van der Waals surface area contributed by atoms with Crippen molar-refractivity contribution in [3.8, 4) is 12.3 Å². The van der Waals surface area contributed by atoms with Crippen molar-refractivity contribution in [3.63, 3.8) is 0 Å². The summed E-state index contributed by atoms with van der Waals surface area (Å²) in [5.74, 6) is 0.665. The summed E-state index contributed by atoms with van der Waals surface area (Å²) >= 11 is 0. The fraction of sp³-hybridized carbons (Fsp3) is 0.571. The van der Waals surface area contributed by atoms with Gasteiger partial charge in [0.25, 0.3) is 0 Å². The number of benzene rings is 1. The lowest BCUT2D eigenvalue weighted by molar-refractivity contribution is -0.150. The van der Waals surface area contributed by atoms with Crippen LogP contribution in [-0.2, 0) is 19.1 Å². The molecule has 0 aliphatic rings. The maximum absolute atomic E-state index is 14.2. The summed E-state index contributed by atoms with van der Waals surface area (Å²) < 4.78 is 5.31. The third kappa shape index (κ3) is 9.45. The molecule has 0 radical (unpaired) electrons. The number of hydrogen-bond acceptors (Lipinski definition) is 5. The van der Waals surface area contributed by atoms with E-state index in [0.717, 1.165) is 0 Å². The zero-order valence-electron chi connectivity index (χ0n) is 23.5. The van der Waals surface area contributed by atoms with Crippen LogP contribution in [0.5, 0.6) is 0 Å². The molecule has 1 aromatic rings. The minimum Gasteiger partial charge on any atom is -0.444 e. The zero-order chi connectivity index (χ0) is 28.8. The number of carbonyl (C=O) groups is 4. The number of nitrogens with one attached hydrogen (secondary N) is 2. The number of nitrogens with two attached hydrogens (primary N) is 1. The molecular formula is C28H42N4O5.